The van der Waals surface area contributed by atoms with Crippen LogP contribution in [0.15, 0.2) is 23.3 Å². The molecule has 0 heterocycles. The lowest BCUT2D eigenvalue weighted by molar-refractivity contribution is 0.0545. The van der Waals surface area contributed by atoms with Crippen LogP contribution in [0.4, 0.5) is 0 Å². The SMILES string of the molecule is COC12C=C(C)C(C=C1C)c1c(Cl)c(Cl)c(Cl)c(Cl)c12. The fourth-order valence-electron chi connectivity index (χ4n) is 3.24. The Balaban J connectivity index is 2.48. The van der Waals surface area contributed by atoms with Gasteiger partial charge in [0.1, 0.15) is 5.60 Å². The maximum Gasteiger partial charge on any atom is 0.134 e. The van der Waals surface area contributed by atoms with Crippen molar-refractivity contribution in [3.05, 3.63) is 54.5 Å². The highest BCUT2D eigenvalue weighted by atomic mass is 35.5. The normalized spacial score (nSPS) is 27.2. The van der Waals surface area contributed by atoms with Gasteiger partial charge in [-0.15, -0.1) is 0 Å². The van der Waals surface area contributed by atoms with Gasteiger partial charge < -0.3 is 4.74 Å². The van der Waals surface area contributed by atoms with Crippen LogP contribution in [0.25, 0.3) is 0 Å². The Hall–Kier alpha value is -0.180. The maximum absolute atomic E-state index is 6.45. The summed E-state index contributed by atoms with van der Waals surface area (Å²) in [6, 6.07) is 0. The predicted octanol–water partition coefficient (Wildman–Crippen LogP) is 6.15. The molecule has 5 heteroatoms. The van der Waals surface area contributed by atoms with Crippen LogP contribution in [-0.2, 0) is 10.3 Å². The molecule has 2 atom stereocenters. The van der Waals surface area contributed by atoms with Crippen molar-refractivity contribution >= 4 is 46.4 Å². The third kappa shape index (κ3) is 1.62. The molecule has 0 N–H and O–H groups in total. The zero-order chi connectivity index (χ0) is 14.8. The molecule has 0 amide bonds. The van der Waals surface area contributed by atoms with E-state index in [0.717, 1.165) is 16.7 Å². The second kappa shape index (κ2) is 4.66. The van der Waals surface area contributed by atoms with E-state index in [4.69, 9.17) is 51.1 Å². The van der Waals surface area contributed by atoms with Crippen LogP contribution in [0, 0.1) is 0 Å². The van der Waals surface area contributed by atoms with Crippen molar-refractivity contribution < 1.29 is 4.74 Å². The molecule has 3 aliphatic rings. The van der Waals surface area contributed by atoms with Crippen LogP contribution in [0.2, 0.25) is 20.1 Å². The molecule has 0 spiro atoms. The highest BCUT2D eigenvalue weighted by Gasteiger charge is 2.47. The first-order valence-electron chi connectivity index (χ1n) is 6.15. The van der Waals surface area contributed by atoms with Crippen molar-refractivity contribution in [1.29, 1.82) is 0 Å². The van der Waals surface area contributed by atoms with Gasteiger partial charge in [-0.25, -0.2) is 0 Å². The molecule has 0 radical (unpaired) electrons. The highest BCUT2D eigenvalue weighted by molar-refractivity contribution is 6.52. The molecule has 2 unspecified atom stereocenters. The Morgan fingerprint density at radius 1 is 1.00 bits per heavy atom. The summed E-state index contributed by atoms with van der Waals surface area (Å²) in [5.41, 5.74) is 3.26. The second-order valence-electron chi connectivity index (χ2n) is 5.20. The zero-order valence-electron chi connectivity index (χ0n) is 11.2. The van der Waals surface area contributed by atoms with Gasteiger partial charge in [-0.3, -0.25) is 0 Å². The minimum Gasteiger partial charge on any atom is -0.365 e. The lowest BCUT2D eigenvalue weighted by Crippen LogP contribution is -2.37. The number of allylic oxidation sites excluding steroid dienone is 2. The summed E-state index contributed by atoms with van der Waals surface area (Å²) in [7, 11) is 1.66. The zero-order valence-corrected chi connectivity index (χ0v) is 14.2. The Morgan fingerprint density at radius 2 is 1.60 bits per heavy atom. The first kappa shape index (κ1) is 14.7. The molecule has 0 saturated heterocycles. The predicted molar refractivity (Wildman–Crippen MR) is 85.4 cm³/mol. The Bertz CT molecular complexity index is 690. The first-order valence-corrected chi connectivity index (χ1v) is 7.66. The number of rotatable bonds is 1. The van der Waals surface area contributed by atoms with E-state index in [0.29, 0.717) is 15.1 Å². The van der Waals surface area contributed by atoms with Gasteiger partial charge in [-0.1, -0.05) is 58.1 Å². The number of hydrogen-bond donors (Lipinski definition) is 0. The van der Waals surface area contributed by atoms with Gasteiger partial charge in [0, 0.05) is 18.6 Å². The molecule has 1 aromatic rings. The topological polar surface area (TPSA) is 9.23 Å². The van der Waals surface area contributed by atoms with Crippen LogP contribution < -0.4 is 0 Å². The number of benzene rings is 1. The number of halogens is 4. The molecular formula is C15H12Cl4O. The van der Waals surface area contributed by atoms with Gasteiger partial charge in [0.15, 0.2) is 0 Å². The summed E-state index contributed by atoms with van der Waals surface area (Å²) in [6.07, 6.45) is 4.23. The van der Waals surface area contributed by atoms with E-state index >= 15 is 0 Å². The Kier molecular flexibility index (Phi) is 3.43. The van der Waals surface area contributed by atoms with Crippen molar-refractivity contribution in [2.24, 2.45) is 0 Å². The third-order valence-corrected chi connectivity index (χ3v) is 6.05. The van der Waals surface area contributed by atoms with Crippen molar-refractivity contribution in [1.82, 2.24) is 0 Å². The molecule has 0 fully saturated rings. The molecule has 0 aliphatic heterocycles. The van der Waals surface area contributed by atoms with Gasteiger partial charge in [0.05, 0.1) is 20.1 Å². The minimum atomic E-state index is -0.705. The van der Waals surface area contributed by atoms with Gasteiger partial charge in [-0.2, -0.15) is 0 Å². The fourth-order valence-corrected chi connectivity index (χ4v) is 4.36. The summed E-state index contributed by atoms with van der Waals surface area (Å²) in [6.45, 7) is 4.08. The number of ether oxygens (including phenoxy) is 1. The largest absolute Gasteiger partial charge is 0.365 e. The summed E-state index contributed by atoms with van der Waals surface area (Å²) < 4.78 is 5.82. The molecule has 0 aromatic heterocycles. The number of methoxy groups -OCH3 is 1. The monoisotopic (exact) mass is 348 g/mol. The average Bonchev–Trinajstić information content (AvgIpc) is 2.43. The van der Waals surface area contributed by atoms with Crippen molar-refractivity contribution in [2.45, 2.75) is 25.4 Å². The van der Waals surface area contributed by atoms with Crippen molar-refractivity contribution in [3.63, 3.8) is 0 Å². The van der Waals surface area contributed by atoms with Crippen LogP contribution in [0.5, 0.6) is 0 Å². The molecule has 2 bridgehead atoms. The quantitative estimate of drug-likeness (QED) is 0.336. The summed E-state index contributed by atoms with van der Waals surface area (Å²) in [5, 5.41) is 1.45. The molecule has 3 aliphatic carbocycles. The number of hydrogen-bond acceptors (Lipinski definition) is 1. The Morgan fingerprint density at radius 3 is 2.20 bits per heavy atom. The molecule has 20 heavy (non-hydrogen) atoms. The van der Waals surface area contributed by atoms with E-state index < -0.39 is 5.60 Å². The maximum atomic E-state index is 6.45. The Labute approximate surface area is 138 Å². The van der Waals surface area contributed by atoms with Crippen LogP contribution >= 0.6 is 46.4 Å². The molecular weight excluding hydrogens is 338 g/mol. The van der Waals surface area contributed by atoms with Gasteiger partial charge >= 0.3 is 0 Å². The van der Waals surface area contributed by atoms with E-state index in [1.807, 2.05) is 6.92 Å². The van der Waals surface area contributed by atoms with E-state index in [2.05, 4.69) is 19.1 Å². The molecule has 0 saturated carbocycles. The average molecular weight is 350 g/mol. The van der Waals surface area contributed by atoms with Crippen LogP contribution in [-0.4, -0.2) is 7.11 Å². The molecule has 1 aromatic carbocycles. The van der Waals surface area contributed by atoms with E-state index in [1.54, 1.807) is 7.11 Å². The smallest absolute Gasteiger partial charge is 0.134 e. The summed E-state index contributed by atoms with van der Waals surface area (Å²) in [5.74, 6) is 0.0711. The van der Waals surface area contributed by atoms with Gasteiger partial charge in [0.2, 0.25) is 0 Å². The van der Waals surface area contributed by atoms with E-state index in [-0.39, 0.29) is 10.9 Å². The third-order valence-electron chi connectivity index (χ3n) is 4.23. The van der Waals surface area contributed by atoms with Gasteiger partial charge in [0.25, 0.3) is 0 Å². The molecule has 1 nitrogen and oxygen atoms in total. The molecule has 4 rings (SSSR count). The van der Waals surface area contributed by atoms with E-state index in [1.165, 1.54) is 5.57 Å². The summed E-state index contributed by atoms with van der Waals surface area (Å²) in [4.78, 5) is 0. The van der Waals surface area contributed by atoms with E-state index in [9.17, 15) is 0 Å². The summed E-state index contributed by atoms with van der Waals surface area (Å²) >= 11 is 25.3. The van der Waals surface area contributed by atoms with Crippen molar-refractivity contribution in [2.75, 3.05) is 7.11 Å². The highest BCUT2D eigenvalue weighted by Crippen LogP contribution is 2.58. The van der Waals surface area contributed by atoms with Gasteiger partial charge in [-0.05, 0) is 31.1 Å². The minimum absolute atomic E-state index is 0.0711. The lowest BCUT2D eigenvalue weighted by Gasteiger charge is -2.45. The first-order chi connectivity index (χ1) is 9.35. The van der Waals surface area contributed by atoms with Crippen LogP contribution in [0.3, 0.4) is 0 Å². The van der Waals surface area contributed by atoms with Crippen LogP contribution in [0.1, 0.15) is 30.9 Å². The van der Waals surface area contributed by atoms with Crippen molar-refractivity contribution in [3.8, 4) is 0 Å². The lowest BCUT2D eigenvalue weighted by atomic mass is 9.66. The molecule has 106 valence electrons. The fraction of sp³-hybridized carbons (Fsp3) is 0.333. The standard InChI is InChI=1S/C15H12Cl4O/c1-6-5-15(20-3)7(2)4-8(6)9-10(15)12(17)14(19)13(18)11(9)16/h4-5,8H,1-3H3. The second-order valence-corrected chi connectivity index (χ2v) is 6.71.